The molecular formula is C7H13N3. The van der Waals surface area contributed by atoms with Crippen molar-refractivity contribution >= 4 is 0 Å². The van der Waals surface area contributed by atoms with E-state index in [0.29, 0.717) is 0 Å². The number of aryl methyl sites for hydroxylation is 2. The first-order chi connectivity index (χ1) is 4.84. The Bertz CT molecular complexity index is 192. The average Bonchev–Trinajstić information content (AvgIpc) is 2.31. The monoisotopic (exact) mass is 139 g/mol. The molecule has 0 bridgehead atoms. The van der Waals surface area contributed by atoms with E-state index in [-0.39, 0.29) is 0 Å². The Morgan fingerprint density at radius 1 is 1.60 bits per heavy atom. The molecule has 1 rings (SSSR count). The molecule has 1 heterocycles. The molecule has 56 valence electrons. The second kappa shape index (κ2) is 3.34. The number of hydrogen-bond acceptors (Lipinski definition) is 2. The number of rotatable bonds is 3. The summed E-state index contributed by atoms with van der Waals surface area (Å²) < 4.78 is 1.83. The quantitative estimate of drug-likeness (QED) is 0.629. The van der Waals surface area contributed by atoms with Crippen molar-refractivity contribution in [2.24, 2.45) is 7.05 Å². The molecule has 0 unspecified atom stereocenters. The predicted molar refractivity (Wildman–Crippen MR) is 39.6 cm³/mol. The smallest absolute Gasteiger partial charge is 0.138 e. The van der Waals surface area contributed by atoms with Crippen molar-refractivity contribution in [2.75, 3.05) is 0 Å². The van der Waals surface area contributed by atoms with E-state index < -0.39 is 0 Å². The van der Waals surface area contributed by atoms with Gasteiger partial charge in [0.1, 0.15) is 12.2 Å². The average molecular weight is 139 g/mol. The molecule has 0 aliphatic carbocycles. The van der Waals surface area contributed by atoms with Crippen LogP contribution in [0.3, 0.4) is 0 Å². The Balaban J connectivity index is 2.49. The Morgan fingerprint density at radius 3 is 2.90 bits per heavy atom. The minimum absolute atomic E-state index is 1.05. The van der Waals surface area contributed by atoms with E-state index in [4.69, 9.17) is 0 Å². The summed E-state index contributed by atoms with van der Waals surface area (Å²) in [5.41, 5.74) is 0. The summed E-state index contributed by atoms with van der Waals surface area (Å²) in [7, 11) is 1.93. The van der Waals surface area contributed by atoms with E-state index in [0.717, 1.165) is 12.2 Å². The normalized spacial score (nSPS) is 10.2. The largest absolute Gasteiger partial charge is 0.253 e. The highest BCUT2D eigenvalue weighted by Crippen LogP contribution is 1.98. The molecule has 10 heavy (non-hydrogen) atoms. The van der Waals surface area contributed by atoms with Gasteiger partial charge in [-0.15, -0.1) is 0 Å². The van der Waals surface area contributed by atoms with Crippen molar-refractivity contribution in [3.63, 3.8) is 0 Å². The number of unbranched alkanes of at least 4 members (excludes halogenated alkanes) is 1. The van der Waals surface area contributed by atoms with Gasteiger partial charge in [-0.2, -0.15) is 5.10 Å². The molecule has 1 aromatic rings. The van der Waals surface area contributed by atoms with E-state index >= 15 is 0 Å². The van der Waals surface area contributed by atoms with Gasteiger partial charge < -0.3 is 0 Å². The van der Waals surface area contributed by atoms with Crippen molar-refractivity contribution in [3.05, 3.63) is 12.2 Å². The van der Waals surface area contributed by atoms with Gasteiger partial charge in [0.25, 0.3) is 0 Å². The summed E-state index contributed by atoms with van der Waals surface area (Å²) in [6.07, 6.45) is 5.07. The minimum Gasteiger partial charge on any atom is -0.253 e. The molecule has 0 aliphatic heterocycles. The predicted octanol–water partition coefficient (Wildman–Crippen LogP) is 1.16. The lowest BCUT2D eigenvalue weighted by Gasteiger charge is -1.96. The number of aromatic nitrogens is 3. The third kappa shape index (κ3) is 1.56. The van der Waals surface area contributed by atoms with Gasteiger partial charge in [-0.05, 0) is 6.42 Å². The van der Waals surface area contributed by atoms with Crippen LogP contribution in [0.4, 0.5) is 0 Å². The van der Waals surface area contributed by atoms with Crippen LogP contribution in [-0.2, 0) is 13.5 Å². The molecule has 0 saturated carbocycles. The lowest BCUT2D eigenvalue weighted by molar-refractivity contribution is 0.664. The number of hydrogen-bond donors (Lipinski definition) is 0. The van der Waals surface area contributed by atoms with Gasteiger partial charge in [0, 0.05) is 13.5 Å². The van der Waals surface area contributed by atoms with Crippen LogP contribution in [-0.4, -0.2) is 14.8 Å². The fourth-order valence-corrected chi connectivity index (χ4v) is 0.881. The van der Waals surface area contributed by atoms with Crippen molar-refractivity contribution in [1.82, 2.24) is 14.8 Å². The lowest BCUT2D eigenvalue weighted by atomic mass is 10.2. The summed E-state index contributed by atoms with van der Waals surface area (Å²) >= 11 is 0. The zero-order valence-corrected chi connectivity index (χ0v) is 6.54. The van der Waals surface area contributed by atoms with Crippen molar-refractivity contribution in [2.45, 2.75) is 26.2 Å². The Morgan fingerprint density at radius 2 is 2.40 bits per heavy atom. The third-order valence-corrected chi connectivity index (χ3v) is 1.56. The van der Waals surface area contributed by atoms with Gasteiger partial charge >= 0.3 is 0 Å². The molecule has 0 aliphatic rings. The molecule has 0 radical (unpaired) electrons. The maximum atomic E-state index is 4.11. The van der Waals surface area contributed by atoms with Crippen molar-refractivity contribution in [1.29, 1.82) is 0 Å². The maximum absolute atomic E-state index is 4.11. The molecule has 0 fully saturated rings. The van der Waals surface area contributed by atoms with Crippen LogP contribution in [0.25, 0.3) is 0 Å². The molecule has 0 atom stereocenters. The fourth-order valence-electron chi connectivity index (χ4n) is 0.881. The standard InChI is InChI=1S/C7H13N3/c1-3-4-5-7-8-6-9-10(7)2/h6H,3-5H2,1-2H3. The highest BCUT2D eigenvalue weighted by Gasteiger charge is 1.96. The molecule has 0 amide bonds. The highest BCUT2D eigenvalue weighted by atomic mass is 15.3. The molecular weight excluding hydrogens is 126 g/mol. The Kier molecular flexibility index (Phi) is 2.42. The van der Waals surface area contributed by atoms with Crippen LogP contribution in [0.1, 0.15) is 25.6 Å². The van der Waals surface area contributed by atoms with Gasteiger partial charge in [-0.1, -0.05) is 13.3 Å². The summed E-state index contributed by atoms with van der Waals surface area (Å²) in [5.74, 6) is 1.09. The molecule has 0 saturated heterocycles. The highest BCUT2D eigenvalue weighted by molar-refractivity contribution is 4.82. The van der Waals surface area contributed by atoms with E-state index in [1.165, 1.54) is 12.8 Å². The minimum atomic E-state index is 1.05. The summed E-state index contributed by atoms with van der Waals surface area (Å²) in [6.45, 7) is 2.18. The summed E-state index contributed by atoms with van der Waals surface area (Å²) in [4.78, 5) is 4.11. The fraction of sp³-hybridized carbons (Fsp3) is 0.714. The zero-order chi connectivity index (χ0) is 7.40. The van der Waals surface area contributed by atoms with E-state index in [9.17, 15) is 0 Å². The van der Waals surface area contributed by atoms with E-state index in [1.54, 1.807) is 6.33 Å². The molecule has 0 spiro atoms. The van der Waals surface area contributed by atoms with E-state index in [2.05, 4.69) is 17.0 Å². The van der Waals surface area contributed by atoms with Crippen LogP contribution in [0, 0.1) is 0 Å². The van der Waals surface area contributed by atoms with Crippen molar-refractivity contribution < 1.29 is 0 Å². The van der Waals surface area contributed by atoms with E-state index in [1.807, 2.05) is 11.7 Å². The van der Waals surface area contributed by atoms with Gasteiger partial charge in [0.2, 0.25) is 0 Å². The number of nitrogens with zero attached hydrogens (tertiary/aromatic N) is 3. The third-order valence-electron chi connectivity index (χ3n) is 1.56. The molecule has 3 heteroatoms. The second-order valence-corrected chi connectivity index (χ2v) is 2.40. The topological polar surface area (TPSA) is 30.7 Å². The first-order valence-electron chi connectivity index (χ1n) is 3.67. The van der Waals surface area contributed by atoms with Crippen molar-refractivity contribution in [3.8, 4) is 0 Å². The molecule has 0 aromatic carbocycles. The summed E-state index contributed by atoms with van der Waals surface area (Å²) in [6, 6.07) is 0. The molecule has 3 nitrogen and oxygen atoms in total. The van der Waals surface area contributed by atoms with Gasteiger partial charge in [0.05, 0.1) is 0 Å². The Hall–Kier alpha value is -0.860. The van der Waals surface area contributed by atoms with Gasteiger partial charge in [0.15, 0.2) is 0 Å². The lowest BCUT2D eigenvalue weighted by Crippen LogP contribution is -1.98. The van der Waals surface area contributed by atoms with Crippen LogP contribution in [0.15, 0.2) is 6.33 Å². The summed E-state index contributed by atoms with van der Waals surface area (Å²) in [5, 5.41) is 3.98. The molecule has 0 N–H and O–H groups in total. The van der Waals surface area contributed by atoms with Gasteiger partial charge in [-0.25, -0.2) is 4.98 Å². The zero-order valence-electron chi connectivity index (χ0n) is 6.54. The van der Waals surface area contributed by atoms with Crippen LogP contribution < -0.4 is 0 Å². The second-order valence-electron chi connectivity index (χ2n) is 2.40. The molecule has 1 aromatic heterocycles. The Labute approximate surface area is 61.1 Å². The first-order valence-corrected chi connectivity index (χ1v) is 3.67. The van der Waals surface area contributed by atoms with Gasteiger partial charge in [-0.3, -0.25) is 4.68 Å². The van der Waals surface area contributed by atoms with Crippen LogP contribution in [0.5, 0.6) is 0 Å². The SMILES string of the molecule is CCCCc1ncnn1C. The maximum Gasteiger partial charge on any atom is 0.138 e. The van der Waals surface area contributed by atoms with Crippen LogP contribution in [0.2, 0.25) is 0 Å². The first kappa shape index (κ1) is 7.25. The van der Waals surface area contributed by atoms with Crippen LogP contribution >= 0.6 is 0 Å².